The molecule has 2 heterocycles. The van der Waals surface area contributed by atoms with Gasteiger partial charge in [-0.15, -0.1) is 0 Å². The number of allylic oxidation sites excluding steroid dienone is 2. The minimum Gasteiger partial charge on any atom is -0.328 e. The predicted molar refractivity (Wildman–Crippen MR) is 70.7 cm³/mol. The van der Waals surface area contributed by atoms with Gasteiger partial charge in [-0.3, -0.25) is 9.25 Å². The van der Waals surface area contributed by atoms with Gasteiger partial charge >= 0.3 is 0 Å². The molecule has 90 valence electrons. The van der Waals surface area contributed by atoms with Crippen LogP contribution in [0.15, 0.2) is 12.2 Å². The van der Waals surface area contributed by atoms with Crippen LogP contribution in [0.3, 0.4) is 0 Å². The summed E-state index contributed by atoms with van der Waals surface area (Å²) < 4.78 is 4.97. The standard InChI is InChI=1S/C12H16N4S/c1-8-10-11(15(2)14-8)16(12(17)13-10)9-6-4-3-5-7-9/h3-4,9H,5-7H2,1-2H3,(H,13,17). The van der Waals surface area contributed by atoms with Gasteiger partial charge in [0.25, 0.3) is 0 Å². The van der Waals surface area contributed by atoms with Crippen molar-refractivity contribution in [2.75, 3.05) is 0 Å². The number of aryl methyl sites for hydroxylation is 2. The normalized spacial score (nSPS) is 20.2. The fraction of sp³-hybridized carbons (Fsp3) is 0.500. The predicted octanol–water partition coefficient (Wildman–Crippen LogP) is 3.02. The number of H-pyrrole nitrogens is 1. The summed E-state index contributed by atoms with van der Waals surface area (Å²) in [4.78, 5) is 3.28. The Morgan fingerprint density at radius 2 is 2.29 bits per heavy atom. The molecule has 0 aliphatic heterocycles. The highest BCUT2D eigenvalue weighted by molar-refractivity contribution is 7.71. The molecular formula is C12H16N4S. The van der Waals surface area contributed by atoms with Gasteiger partial charge in [-0.05, 0) is 38.4 Å². The largest absolute Gasteiger partial charge is 0.328 e. The van der Waals surface area contributed by atoms with Gasteiger partial charge in [0.2, 0.25) is 0 Å². The third kappa shape index (κ3) is 1.57. The van der Waals surface area contributed by atoms with Crippen molar-refractivity contribution in [1.82, 2.24) is 19.3 Å². The van der Waals surface area contributed by atoms with Crippen molar-refractivity contribution < 1.29 is 0 Å². The van der Waals surface area contributed by atoms with E-state index in [0.29, 0.717) is 6.04 Å². The first-order valence-corrected chi connectivity index (χ1v) is 6.38. The number of hydrogen-bond donors (Lipinski definition) is 1. The number of imidazole rings is 1. The summed E-state index contributed by atoms with van der Waals surface area (Å²) in [6, 6.07) is 0.469. The van der Waals surface area contributed by atoms with Crippen LogP contribution in [0.1, 0.15) is 31.0 Å². The van der Waals surface area contributed by atoms with Crippen LogP contribution in [0.5, 0.6) is 0 Å². The molecule has 0 saturated heterocycles. The molecule has 2 aromatic rings. The van der Waals surface area contributed by atoms with Crippen molar-refractivity contribution in [2.24, 2.45) is 7.05 Å². The smallest absolute Gasteiger partial charge is 0.179 e. The maximum Gasteiger partial charge on any atom is 0.179 e. The van der Waals surface area contributed by atoms with E-state index in [1.165, 1.54) is 0 Å². The van der Waals surface area contributed by atoms with Crippen LogP contribution in [0.2, 0.25) is 0 Å². The molecule has 2 aromatic heterocycles. The highest BCUT2D eigenvalue weighted by atomic mass is 32.1. The molecule has 0 fully saturated rings. The van der Waals surface area contributed by atoms with Gasteiger partial charge in [0, 0.05) is 13.1 Å². The average Bonchev–Trinajstić information content (AvgIpc) is 2.79. The van der Waals surface area contributed by atoms with E-state index >= 15 is 0 Å². The topological polar surface area (TPSA) is 38.5 Å². The zero-order valence-corrected chi connectivity index (χ0v) is 10.9. The number of nitrogens with zero attached hydrogens (tertiary/aromatic N) is 3. The van der Waals surface area contributed by atoms with E-state index in [4.69, 9.17) is 12.2 Å². The highest BCUT2D eigenvalue weighted by Gasteiger charge is 2.19. The zero-order valence-electron chi connectivity index (χ0n) is 10.1. The summed E-state index contributed by atoms with van der Waals surface area (Å²) in [7, 11) is 1.98. The molecule has 1 aliphatic rings. The fourth-order valence-corrected chi connectivity index (χ4v) is 3.02. The second-order valence-electron chi connectivity index (χ2n) is 4.65. The Balaban J connectivity index is 2.24. The minimum atomic E-state index is 0.469. The second kappa shape index (κ2) is 3.84. The van der Waals surface area contributed by atoms with Crippen molar-refractivity contribution in [2.45, 2.75) is 32.2 Å². The second-order valence-corrected chi connectivity index (χ2v) is 5.03. The van der Waals surface area contributed by atoms with E-state index < -0.39 is 0 Å². The van der Waals surface area contributed by atoms with Crippen LogP contribution in [-0.4, -0.2) is 19.3 Å². The minimum absolute atomic E-state index is 0.469. The fourth-order valence-electron chi connectivity index (χ4n) is 2.68. The first kappa shape index (κ1) is 10.8. The van der Waals surface area contributed by atoms with Gasteiger partial charge in [-0.1, -0.05) is 12.2 Å². The molecule has 17 heavy (non-hydrogen) atoms. The Kier molecular flexibility index (Phi) is 2.43. The van der Waals surface area contributed by atoms with Crippen LogP contribution < -0.4 is 0 Å². The number of fused-ring (bicyclic) bond motifs is 1. The van der Waals surface area contributed by atoms with E-state index in [1.54, 1.807) is 0 Å². The summed E-state index contributed by atoms with van der Waals surface area (Å²) in [5.41, 5.74) is 3.21. The maximum absolute atomic E-state index is 5.45. The van der Waals surface area contributed by atoms with Crippen LogP contribution in [0, 0.1) is 11.7 Å². The first-order valence-electron chi connectivity index (χ1n) is 5.97. The summed E-state index contributed by atoms with van der Waals surface area (Å²) in [6.07, 6.45) is 7.85. The number of aromatic nitrogens is 4. The summed E-state index contributed by atoms with van der Waals surface area (Å²) in [5, 5.41) is 4.45. The zero-order chi connectivity index (χ0) is 12.0. The van der Waals surface area contributed by atoms with E-state index in [1.807, 2.05) is 18.7 Å². The quantitative estimate of drug-likeness (QED) is 0.622. The Morgan fingerprint density at radius 3 is 3.00 bits per heavy atom. The lowest BCUT2D eigenvalue weighted by atomic mass is 10.0. The molecule has 0 spiro atoms. The summed E-state index contributed by atoms with van der Waals surface area (Å²) in [5.74, 6) is 0. The highest BCUT2D eigenvalue weighted by Crippen LogP contribution is 2.28. The molecule has 1 unspecified atom stereocenters. The first-order chi connectivity index (χ1) is 8.18. The molecule has 0 saturated carbocycles. The van der Waals surface area contributed by atoms with Gasteiger partial charge in [0.15, 0.2) is 10.4 Å². The third-order valence-electron chi connectivity index (χ3n) is 3.48. The summed E-state index contributed by atoms with van der Waals surface area (Å²) >= 11 is 5.45. The Bertz CT molecular complexity index is 643. The van der Waals surface area contributed by atoms with Gasteiger partial charge in [-0.2, -0.15) is 5.10 Å². The monoisotopic (exact) mass is 248 g/mol. The van der Waals surface area contributed by atoms with Crippen molar-refractivity contribution in [1.29, 1.82) is 0 Å². The molecule has 0 radical (unpaired) electrons. The molecule has 0 bridgehead atoms. The number of aromatic amines is 1. The molecule has 0 aromatic carbocycles. The average molecular weight is 248 g/mol. The lowest BCUT2D eigenvalue weighted by molar-refractivity contribution is 0.459. The van der Waals surface area contributed by atoms with Crippen molar-refractivity contribution >= 4 is 23.4 Å². The number of rotatable bonds is 1. The number of hydrogen-bond acceptors (Lipinski definition) is 2. The van der Waals surface area contributed by atoms with Gasteiger partial charge in [-0.25, -0.2) is 0 Å². The van der Waals surface area contributed by atoms with Crippen molar-refractivity contribution in [3.05, 3.63) is 22.6 Å². The van der Waals surface area contributed by atoms with Crippen LogP contribution >= 0.6 is 12.2 Å². The Hall–Kier alpha value is -1.36. The van der Waals surface area contributed by atoms with Gasteiger partial charge in [0.05, 0.1) is 5.69 Å². The van der Waals surface area contributed by atoms with Crippen LogP contribution in [-0.2, 0) is 7.05 Å². The molecule has 0 amide bonds. The van der Waals surface area contributed by atoms with Gasteiger partial charge < -0.3 is 4.98 Å². The Morgan fingerprint density at radius 1 is 1.47 bits per heavy atom. The van der Waals surface area contributed by atoms with Crippen LogP contribution in [0.4, 0.5) is 0 Å². The van der Waals surface area contributed by atoms with E-state index in [9.17, 15) is 0 Å². The third-order valence-corrected chi connectivity index (χ3v) is 3.78. The molecule has 1 N–H and O–H groups in total. The molecule has 3 rings (SSSR count). The maximum atomic E-state index is 5.45. The SMILES string of the molecule is Cc1nn(C)c2c1[nH]c(=S)n2C1CC=CCC1. The van der Waals surface area contributed by atoms with Crippen LogP contribution in [0.25, 0.3) is 11.2 Å². The molecule has 5 heteroatoms. The lowest BCUT2D eigenvalue weighted by Crippen LogP contribution is -2.12. The van der Waals surface area contributed by atoms with E-state index in [0.717, 1.165) is 40.9 Å². The van der Waals surface area contributed by atoms with Gasteiger partial charge in [0.1, 0.15) is 5.52 Å². The lowest BCUT2D eigenvalue weighted by Gasteiger charge is -2.20. The van der Waals surface area contributed by atoms with Crippen molar-refractivity contribution in [3.63, 3.8) is 0 Å². The molecule has 1 atom stereocenters. The molecule has 1 aliphatic carbocycles. The van der Waals surface area contributed by atoms with E-state index in [-0.39, 0.29) is 0 Å². The van der Waals surface area contributed by atoms with Crippen molar-refractivity contribution in [3.8, 4) is 0 Å². The molecular weight excluding hydrogens is 232 g/mol. The number of nitrogens with one attached hydrogen (secondary N) is 1. The Labute approximate surface area is 105 Å². The molecule has 4 nitrogen and oxygen atoms in total. The van der Waals surface area contributed by atoms with E-state index in [2.05, 4.69) is 26.8 Å². The summed E-state index contributed by atoms with van der Waals surface area (Å²) in [6.45, 7) is 2.01.